The zero-order valence-electron chi connectivity index (χ0n) is 7.42. The minimum Gasteiger partial charge on any atom is -0.241 e. The van der Waals surface area contributed by atoms with Crippen molar-refractivity contribution in [2.75, 3.05) is 0 Å². The highest BCUT2D eigenvalue weighted by atomic mass is 79.9. The van der Waals surface area contributed by atoms with Crippen LogP contribution in [0.3, 0.4) is 0 Å². The molecule has 2 aromatic rings. The molecule has 14 heavy (non-hydrogen) atoms. The average Bonchev–Trinajstić information content (AvgIpc) is 2.50. The molecule has 1 aromatic carbocycles. The van der Waals surface area contributed by atoms with Gasteiger partial charge in [-0.05, 0) is 25.1 Å². The van der Waals surface area contributed by atoms with Gasteiger partial charge in [0.05, 0.1) is 0 Å². The van der Waals surface area contributed by atoms with Gasteiger partial charge in [-0.2, -0.15) is 0 Å². The standard InChI is InChI=1S/C10H7BrFNS/c1-6-5-14-10(13-6)7-2-8(11)4-9(12)3-7/h2-5H,1H3. The minimum absolute atomic E-state index is 0.248. The Bertz CT molecular complexity index is 447. The molecule has 4 heteroatoms. The monoisotopic (exact) mass is 271 g/mol. The van der Waals surface area contributed by atoms with Crippen LogP contribution in [0.15, 0.2) is 28.1 Å². The van der Waals surface area contributed by atoms with E-state index in [2.05, 4.69) is 20.9 Å². The first-order valence-electron chi connectivity index (χ1n) is 4.04. The topological polar surface area (TPSA) is 12.9 Å². The van der Waals surface area contributed by atoms with Crippen molar-refractivity contribution in [3.8, 4) is 10.6 Å². The van der Waals surface area contributed by atoms with Gasteiger partial charge in [0.25, 0.3) is 0 Å². The molecule has 1 aromatic heterocycles. The highest BCUT2D eigenvalue weighted by Crippen LogP contribution is 2.27. The molecule has 0 saturated heterocycles. The van der Waals surface area contributed by atoms with Crippen molar-refractivity contribution in [2.45, 2.75) is 6.92 Å². The molecule has 0 unspecified atom stereocenters. The third-order valence-electron chi connectivity index (χ3n) is 1.73. The molecule has 1 heterocycles. The Hall–Kier alpha value is -0.740. The van der Waals surface area contributed by atoms with Crippen molar-refractivity contribution in [2.24, 2.45) is 0 Å². The average molecular weight is 272 g/mol. The molecule has 0 aliphatic heterocycles. The summed E-state index contributed by atoms with van der Waals surface area (Å²) in [6.07, 6.45) is 0. The smallest absolute Gasteiger partial charge is 0.125 e. The Morgan fingerprint density at radius 2 is 2.14 bits per heavy atom. The van der Waals surface area contributed by atoms with Crippen LogP contribution in [0.5, 0.6) is 0 Å². The SMILES string of the molecule is Cc1csc(-c2cc(F)cc(Br)c2)n1. The van der Waals surface area contributed by atoms with Crippen LogP contribution >= 0.6 is 27.3 Å². The predicted molar refractivity (Wildman–Crippen MR) is 59.9 cm³/mol. The van der Waals surface area contributed by atoms with Crippen molar-refractivity contribution in [1.82, 2.24) is 4.98 Å². The minimum atomic E-state index is -0.248. The second-order valence-corrected chi connectivity index (χ2v) is 4.73. The van der Waals surface area contributed by atoms with Gasteiger partial charge in [0.1, 0.15) is 10.8 Å². The van der Waals surface area contributed by atoms with Crippen molar-refractivity contribution in [3.05, 3.63) is 39.6 Å². The Morgan fingerprint density at radius 3 is 2.71 bits per heavy atom. The number of halogens is 2. The number of nitrogens with zero attached hydrogens (tertiary/aromatic N) is 1. The van der Waals surface area contributed by atoms with Crippen molar-refractivity contribution in [1.29, 1.82) is 0 Å². The number of benzene rings is 1. The number of hydrogen-bond donors (Lipinski definition) is 0. The molecule has 72 valence electrons. The van der Waals surface area contributed by atoms with Crippen LogP contribution in [0, 0.1) is 12.7 Å². The maximum absolute atomic E-state index is 13.1. The van der Waals surface area contributed by atoms with E-state index in [-0.39, 0.29) is 5.82 Å². The van der Waals surface area contributed by atoms with Crippen molar-refractivity contribution >= 4 is 27.3 Å². The Balaban J connectivity index is 2.51. The number of aromatic nitrogens is 1. The predicted octanol–water partition coefficient (Wildman–Crippen LogP) is 4.02. The molecule has 0 atom stereocenters. The summed E-state index contributed by atoms with van der Waals surface area (Å²) in [4.78, 5) is 4.29. The Labute approximate surface area is 93.7 Å². The van der Waals surface area contributed by atoms with Gasteiger partial charge >= 0.3 is 0 Å². The first-order valence-corrected chi connectivity index (χ1v) is 5.71. The fraction of sp³-hybridized carbons (Fsp3) is 0.100. The lowest BCUT2D eigenvalue weighted by molar-refractivity contribution is 0.627. The van der Waals surface area contributed by atoms with Crippen molar-refractivity contribution < 1.29 is 4.39 Å². The van der Waals surface area contributed by atoms with Gasteiger partial charge < -0.3 is 0 Å². The third-order valence-corrected chi connectivity index (χ3v) is 3.20. The molecule has 0 bridgehead atoms. The number of hydrogen-bond acceptors (Lipinski definition) is 2. The summed E-state index contributed by atoms with van der Waals surface area (Å²) < 4.78 is 13.8. The van der Waals surface area contributed by atoms with E-state index < -0.39 is 0 Å². The molecule has 0 radical (unpaired) electrons. The number of rotatable bonds is 1. The van der Waals surface area contributed by atoms with Gasteiger partial charge in [0.15, 0.2) is 0 Å². The summed E-state index contributed by atoms with van der Waals surface area (Å²) in [5, 5.41) is 2.80. The van der Waals surface area contributed by atoms with E-state index in [0.29, 0.717) is 0 Å². The van der Waals surface area contributed by atoms with Gasteiger partial charge in [-0.25, -0.2) is 9.37 Å². The van der Waals surface area contributed by atoms with Gasteiger partial charge in [-0.3, -0.25) is 0 Å². The van der Waals surface area contributed by atoms with Crippen LogP contribution in [0.1, 0.15) is 5.69 Å². The van der Waals surface area contributed by atoms with Crippen LogP contribution in [0.4, 0.5) is 4.39 Å². The van der Waals surface area contributed by atoms with Crippen LogP contribution in [0.25, 0.3) is 10.6 Å². The lowest BCUT2D eigenvalue weighted by Crippen LogP contribution is -1.80. The number of aryl methyl sites for hydroxylation is 1. The molecule has 0 spiro atoms. The Morgan fingerprint density at radius 1 is 1.36 bits per heavy atom. The maximum atomic E-state index is 13.1. The molecule has 0 fully saturated rings. The summed E-state index contributed by atoms with van der Waals surface area (Å²) in [5.74, 6) is -0.248. The normalized spacial score (nSPS) is 10.5. The van der Waals surface area contributed by atoms with E-state index in [0.717, 1.165) is 20.7 Å². The van der Waals surface area contributed by atoms with Crippen LogP contribution < -0.4 is 0 Å². The molecule has 0 amide bonds. The molecule has 0 aliphatic carbocycles. The molecule has 0 saturated carbocycles. The van der Waals surface area contributed by atoms with E-state index in [4.69, 9.17) is 0 Å². The Kier molecular flexibility index (Phi) is 2.65. The fourth-order valence-electron chi connectivity index (χ4n) is 1.16. The lowest BCUT2D eigenvalue weighted by atomic mass is 10.2. The molecule has 0 N–H and O–H groups in total. The molecule has 2 rings (SSSR count). The molecule has 0 aliphatic rings. The molecular weight excluding hydrogens is 265 g/mol. The van der Waals surface area contributed by atoms with Gasteiger partial charge in [0, 0.05) is 21.1 Å². The van der Waals surface area contributed by atoms with Crippen LogP contribution in [0.2, 0.25) is 0 Å². The summed E-state index contributed by atoms with van der Waals surface area (Å²) >= 11 is 4.78. The third kappa shape index (κ3) is 2.01. The molecular formula is C10H7BrFNS. The summed E-state index contributed by atoms with van der Waals surface area (Å²) in [6.45, 7) is 1.92. The maximum Gasteiger partial charge on any atom is 0.125 e. The van der Waals surface area contributed by atoms with E-state index >= 15 is 0 Å². The van der Waals surface area contributed by atoms with E-state index in [1.54, 1.807) is 0 Å². The fourth-order valence-corrected chi connectivity index (χ4v) is 2.41. The molecule has 1 nitrogen and oxygen atoms in total. The number of thiazole rings is 1. The van der Waals surface area contributed by atoms with Gasteiger partial charge in [-0.15, -0.1) is 11.3 Å². The van der Waals surface area contributed by atoms with E-state index in [1.165, 1.54) is 23.5 Å². The van der Waals surface area contributed by atoms with Crippen LogP contribution in [-0.4, -0.2) is 4.98 Å². The highest BCUT2D eigenvalue weighted by Gasteiger charge is 2.05. The van der Waals surface area contributed by atoms with Gasteiger partial charge in [-0.1, -0.05) is 15.9 Å². The second-order valence-electron chi connectivity index (χ2n) is 2.95. The first kappa shape index (κ1) is 9.80. The van der Waals surface area contributed by atoms with E-state index in [9.17, 15) is 4.39 Å². The summed E-state index contributed by atoms with van der Waals surface area (Å²) in [5.41, 5.74) is 1.78. The second kappa shape index (κ2) is 3.79. The zero-order valence-corrected chi connectivity index (χ0v) is 9.82. The van der Waals surface area contributed by atoms with Crippen LogP contribution in [-0.2, 0) is 0 Å². The summed E-state index contributed by atoms with van der Waals surface area (Å²) in [6, 6.07) is 4.79. The zero-order chi connectivity index (χ0) is 10.1. The lowest BCUT2D eigenvalue weighted by Gasteiger charge is -1.97. The van der Waals surface area contributed by atoms with E-state index in [1.807, 2.05) is 18.4 Å². The quantitative estimate of drug-likeness (QED) is 0.764. The van der Waals surface area contributed by atoms with Crippen molar-refractivity contribution in [3.63, 3.8) is 0 Å². The first-order chi connectivity index (χ1) is 6.65. The van der Waals surface area contributed by atoms with Gasteiger partial charge in [0.2, 0.25) is 0 Å². The highest BCUT2D eigenvalue weighted by molar-refractivity contribution is 9.10. The summed E-state index contributed by atoms with van der Waals surface area (Å²) in [7, 11) is 0. The largest absolute Gasteiger partial charge is 0.241 e.